The molecular formula is C19H19N3O4. The van der Waals surface area contributed by atoms with Crippen LogP contribution in [0.1, 0.15) is 39.5 Å². The minimum Gasteiger partial charge on any atom is -0.463 e. The third-order valence-corrected chi connectivity index (χ3v) is 4.42. The maximum absolute atomic E-state index is 11.4. The first-order valence-electron chi connectivity index (χ1n) is 8.47. The summed E-state index contributed by atoms with van der Waals surface area (Å²) in [6, 6.07) is 13.5. The average Bonchev–Trinajstić information content (AvgIpc) is 3.27. The summed E-state index contributed by atoms with van der Waals surface area (Å²) in [5, 5.41) is 4.08. The van der Waals surface area contributed by atoms with Crippen molar-refractivity contribution in [2.75, 3.05) is 20.2 Å². The number of rotatable bonds is 6. The zero-order valence-electron chi connectivity index (χ0n) is 14.4. The molecule has 0 radical (unpaired) electrons. The van der Waals surface area contributed by atoms with Gasteiger partial charge in [0.15, 0.2) is 5.82 Å². The molecule has 26 heavy (non-hydrogen) atoms. The van der Waals surface area contributed by atoms with E-state index in [9.17, 15) is 4.79 Å². The Balaban J connectivity index is 1.30. The van der Waals surface area contributed by atoms with Gasteiger partial charge in [-0.15, -0.1) is 0 Å². The van der Waals surface area contributed by atoms with Gasteiger partial charge in [-0.3, -0.25) is 4.90 Å². The van der Waals surface area contributed by atoms with Gasteiger partial charge >= 0.3 is 5.97 Å². The van der Waals surface area contributed by atoms with Crippen LogP contribution >= 0.6 is 0 Å². The molecule has 0 aliphatic carbocycles. The lowest BCUT2D eigenvalue weighted by Gasteiger charge is -2.36. The van der Waals surface area contributed by atoms with Gasteiger partial charge in [0.1, 0.15) is 5.76 Å². The molecule has 0 bridgehead atoms. The maximum Gasteiger partial charge on any atom is 0.373 e. The van der Waals surface area contributed by atoms with E-state index in [2.05, 4.69) is 19.8 Å². The van der Waals surface area contributed by atoms with Crippen molar-refractivity contribution in [3.05, 3.63) is 71.3 Å². The predicted octanol–water partition coefficient (Wildman–Crippen LogP) is 2.64. The minimum absolute atomic E-state index is 0.224. The number of aromatic nitrogens is 2. The molecule has 0 saturated carbocycles. The van der Waals surface area contributed by atoms with Gasteiger partial charge in [-0.2, -0.15) is 4.98 Å². The van der Waals surface area contributed by atoms with Crippen molar-refractivity contribution in [3.63, 3.8) is 0 Å². The highest BCUT2D eigenvalue weighted by Crippen LogP contribution is 2.27. The van der Waals surface area contributed by atoms with Crippen LogP contribution in [0.5, 0.6) is 0 Å². The molecule has 7 nitrogen and oxygen atoms in total. The lowest BCUT2D eigenvalue weighted by atomic mass is 10.00. The third kappa shape index (κ3) is 3.52. The quantitative estimate of drug-likeness (QED) is 0.630. The molecule has 0 unspecified atom stereocenters. The monoisotopic (exact) mass is 353 g/mol. The molecule has 134 valence electrons. The summed E-state index contributed by atoms with van der Waals surface area (Å²) >= 11 is 0. The van der Waals surface area contributed by atoms with E-state index in [1.807, 2.05) is 30.3 Å². The number of furan rings is 1. The molecule has 3 aromatic rings. The van der Waals surface area contributed by atoms with Crippen molar-refractivity contribution >= 4 is 5.97 Å². The van der Waals surface area contributed by atoms with Crippen molar-refractivity contribution in [1.82, 2.24) is 15.0 Å². The molecule has 0 spiro atoms. The molecule has 0 N–H and O–H groups in total. The van der Waals surface area contributed by atoms with Crippen LogP contribution in [0.15, 0.2) is 51.4 Å². The maximum atomic E-state index is 11.4. The largest absolute Gasteiger partial charge is 0.463 e. The molecule has 1 aliphatic rings. The molecule has 7 heteroatoms. The van der Waals surface area contributed by atoms with E-state index < -0.39 is 5.97 Å². The number of hydrogen-bond acceptors (Lipinski definition) is 7. The van der Waals surface area contributed by atoms with Gasteiger partial charge in [0.05, 0.1) is 19.6 Å². The molecule has 1 fully saturated rings. The lowest BCUT2D eigenvalue weighted by Crippen LogP contribution is -2.44. The summed E-state index contributed by atoms with van der Waals surface area (Å²) in [4.78, 5) is 18.1. The molecule has 2 aromatic heterocycles. The zero-order chi connectivity index (χ0) is 17.9. The summed E-state index contributed by atoms with van der Waals surface area (Å²) in [5.74, 6) is 2.12. The highest BCUT2D eigenvalue weighted by molar-refractivity contribution is 5.86. The molecule has 1 aliphatic heterocycles. The lowest BCUT2D eigenvalue weighted by molar-refractivity contribution is 0.0556. The first-order chi connectivity index (χ1) is 12.7. The van der Waals surface area contributed by atoms with Crippen molar-refractivity contribution in [2.24, 2.45) is 0 Å². The van der Waals surface area contributed by atoms with Gasteiger partial charge in [0.2, 0.25) is 11.7 Å². The smallest absolute Gasteiger partial charge is 0.373 e. The standard InChI is InChI=1S/C19H19N3O4/c1-24-19(23)16-8-7-15(25-16)12-22-10-14(11-22)18-20-17(21-26-18)9-13-5-3-2-4-6-13/h2-8,14H,9-12H2,1H3. The number of nitrogens with zero attached hydrogens (tertiary/aromatic N) is 3. The van der Waals surface area contributed by atoms with Gasteiger partial charge < -0.3 is 13.7 Å². The fourth-order valence-electron chi connectivity index (χ4n) is 3.03. The molecule has 1 saturated heterocycles. The number of ether oxygens (including phenoxy) is 1. The second-order valence-electron chi connectivity index (χ2n) is 6.36. The molecule has 4 rings (SSSR count). The number of hydrogen-bond donors (Lipinski definition) is 0. The second kappa shape index (κ2) is 7.13. The van der Waals surface area contributed by atoms with Gasteiger partial charge in [-0.25, -0.2) is 4.79 Å². The van der Waals surface area contributed by atoms with Crippen molar-refractivity contribution in [3.8, 4) is 0 Å². The van der Waals surface area contributed by atoms with Crippen LogP contribution in [0.4, 0.5) is 0 Å². The zero-order valence-corrected chi connectivity index (χ0v) is 14.4. The van der Waals surface area contributed by atoms with Gasteiger partial charge in [-0.05, 0) is 17.7 Å². The number of likely N-dealkylation sites (tertiary alicyclic amines) is 1. The fourth-order valence-corrected chi connectivity index (χ4v) is 3.03. The Morgan fingerprint density at radius 2 is 2.04 bits per heavy atom. The Bertz CT molecular complexity index is 881. The van der Waals surface area contributed by atoms with Crippen molar-refractivity contribution < 1.29 is 18.5 Å². The topological polar surface area (TPSA) is 81.6 Å². The summed E-state index contributed by atoms with van der Waals surface area (Å²) < 4.78 is 15.5. The van der Waals surface area contributed by atoms with E-state index in [0.717, 1.165) is 24.4 Å². The average molecular weight is 353 g/mol. The summed E-state index contributed by atoms with van der Waals surface area (Å²) in [5.41, 5.74) is 1.16. The molecule has 3 heterocycles. The number of carbonyl (C=O) groups excluding carboxylic acids is 1. The molecule has 0 atom stereocenters. The highest BCUT2D eigenvalue weighted by Gasteiger charge is 2.33. The first-order valence-corrected chi connectivity index (χ1v) is 8.47. The predicted molar refractivity (Wildman–Crippen MR) is 91.6 cm³/mol. The Hall–Kier alpha value is -2.93. The van der Waals surface area contributed by atoms with E-state index >= 15 is 0 Å². The van der Waals surface area contributed by atoms with Crippen LogP contribution in [0.2, 0.25) is 0 Å². The molecular weight excluding hydrogens is 334 g/mol. The minimum atomic E-state index is -0.463. The number of benzene rings is 1. The number of esters is 1. The highest BCUT2D eigenvalue weighted by atomic mass is 16.5. The number of methoxy groups -OCH3 is 1. The third-order valence-electron chi connectivity index (χ3n) is 4.42. The van der Waals surface area contributed by atoms with E-state index in [1.54, 1.807) is 12.1 Å². The van der Waals surface area contributed by atoms with Crippen LogP contribution in [-0.2, 0) is 17.7 Å². The van der Waals surface area contributed by atoms with Gasteiger partial charge in [-0.1, -0.05) is 35.5 Å². The second-order valence-corrected chi connectivity index (χ2v) is 6.36. The molecule has 0 amide bonds. The Labute approximate surface area is 150 Å². The summed E-state index contributed by atoms with van der Waals surface area (Å²) in [7, 11) is 1.33. The fraction of sp³-hybridized carbons (Fsp3) is 0.316. The van der Waals surface area contributed by atoms with E-state index in [-0.39, 0.29) is 11.7 Å². The summed E-state index contributed by atoms with van der Waals surface area (Å²) in [6.45, 7) is 2.28. The Kier molecular flexibility index (Phi) is 4.53. The van der Waals surface area contributed by atoms with Crippen LogP contribution in [0.25, 0.3) is 0 Å². The van der Waals surface area contributed by atoms with Crippen molar-refractivity contribution in [1.29, 1.82) is 0 Å². The van der Waals surface area contributed by atoms with Gasteiger partial charge in [0, 0.05) is 19.5 Å². The molecule has 1 aromatic carbocycles. The summed E-state index contributed by atoms with van der Waals surface area (Å²) in [6.07, 6.45) is 0.670. The van der Waals surface area contributed by atoms with Crippen LogP contribution < -0.4 is 0 Å². The van der Waals surface area contributed by atoms with Crippen LogP contribution in [0, 0.1) is 0 Å². The SMILES string of the molecule is COC(=O)c1ccc(CN2CC(c3nc(Cc4ccccc4)no3)C2)o1. The Morgan fingerprint density at radius 1 is 1.23 bits per heavy atom. The van der Waals surface area contributed by atoms with E-state index in [4.69, 9.17) is 8.94 Å². The van der Waals surface area contributed by atoms with Gasteiger partial charge in [0.25, 0.3) is 0 Å². The Morgan fingerprint density at radius 3 is 2.81 bits per heavy atom. The van der Waals surface area contributed by atoms with Crippen LogP contribution in [0.3, 0.4) is 0 Å². The normalized spacial score (nSPS) is 15.0. The first kappa shape index (κ1) is 16.5. The van der Waals surface area contributed by atoms with E-state index in [1.165, 1.54) is 7.11 Å². The number of carbonyl (C=O) groups is 1. The van der Waals surface area contributed by atoms with Crippen molar-refractivity contribution in [2.45, 2.75) is 18.9 Å². The van der Waals surface area contributed by atoms with E-state index in [0.29, 0.717) is 24.7 Å². The van der Waals surface area contributed by atoms with Crippen LogP contribution in [-0.4, -0.2) is 41.2 Å².